The van der Waals surface area contributed by atoms with E-state index in [-0.39, 0.29) is 5.91 Å². The molecule has 2 aromatic rings. The van der Waals surface area contributed by atoms with E-state index in [1.54, 1.807) is 12.4 Å². The number of hydrogen-bond acceptors (Lipinski definition) is 3. The van der Waals surface area contributed by atoms with E-state index in [1.165, 1.54) is 0 Å². The van der Waals surface area contributed by atoms with Crippen LogP contribution < -0.4 is 5.32 Å². The second kappa shape index (κ2) is 8.67. The minimum atomic E-state index is 0.0423. The second-order valence-corrected chi connectivity index (χ2v) is 6.30. The largest absolute Gasteiger partial charge is 0.354 e. The van der Waals surface area contributed by atoms with Gasteiger partial charge in [-0.25, -0.2) is 0 Å². The van der Waals surface area contributed by atoms with E-state index in [0.717, 1.165) is 41.8 Å². The van der Waals surface area contributed by atoms with Gasteiger partial charge in [-0.15, -0.1) is 0 Å². The van der Waals surface area contributed by atoms with Crippen molar-refractivity contribution in [2.75, 3.05) is 18.4 Å². The first-order chi connectivity index (χ1) is 11.1. The molecule has 0 aliphatic heterocycles. The number of carbonyl (C=O) groups excluding carboxylic acids is 1. The molecule has 1 aromatic carbocycles. The highest BCUT2D eigenvalue weighted by Gasteiger charge is 2.15. The molecular formula is C18H22BrN3O. The number of carbonyl (C=O) groups is 1. The first-order valence-corrected chi connectivity index (χ1v) is 8.70. The lowest BCUT2D eigenvalue weighted by molar-refractivity contribution is 0.0755. The van der Waals surface area contributed by atoms with Crippen LogP contribution in [-0.4, -0.2) is 28.9 Å². The van der Waals surface area contributed by atoms with Gasteiger partial charge < -0.3 is 10.2 Å². The molecule has 0 aliphatic carbocycles. The highest BCUT2D eigenvalue weighted by Crippen LogP contribution is 2.20. The standard InChI is InChI=1S/C18H22BrN3O/c1-3-9-22(10-4-2)18(23)14-11-17(13-20-12-14)21-16-7-5-15(19)6-8-16/h5-8,11-13,21H,3-4,9-10H2,1-2H3. The van der Waals surface area contributed by atoms with Crippen LogP contribution in [0.3, 0.4) is 0 Å². The van der Waals surface area contributed by atoms with E-state index in [2.05, 4.69) is 40.1 Å². The van der Waals surface area contributed by atoms with Crippen LogP contribution in [0.5, 0.6) is 0 Å². The van der Waals surface area contributed by atoms with Crippen LogP contribution >= 0.6 is 15.9 Å². The van der Waals surface area contributed by atoms with Crippen LogP contribution in [0, 0.1) is 0 Å². The van der Waals surface area contributed by atoms with Crippen LogP contribution in [0.4, 0.5) is 11.4 Å². The van der Waals surface area contributed by atoms with Crippen LogP contribution in [-0.2, 0) is 0 Å². The quantitative estimate of drug-likeness (QED) is 0.751. The number of nitrogens with one attached hydrogen (secondary N) is 1. The topological polar surface area (TPSA) is 45.2 Å². The van der Waals surface area contributed by atoms with Crippen molar-refractivity contribution < 1.29 is 4.79 Å². The Balaban J connectivity index is 2.14. The minimum Gasteiger partial charge on any atom is -0.354 e. The fraction of sp³-hybridized carbons (Fsp3) is 0.333. The third kappa shape index (κ3) is 5.06. The summed E-state index contributed by atoms with van der Waals surface area (Å²) in [4.78, 5) is 18.7. The normalized spacial score (nSPS) is 10.4. The molecule has 0 unspecified atom stereocenters. The predicted octanol–water partition coefficient (Wildman–Crippen LogP) is 4.85. The summed E-state index contributed by atoms with van der Waals surface area (Å²) in [6.07, 6.45) is 5.27. The van der Waals surface area contributed by atoms with Crippen molar-refractivity contribution in [1.29, 1.82) is 0 Å². The Hall–Kier alpha value is -1.88. The first-order valence-electron chi connectivity index (χ1n) is 7.91. The smallest absolute Gasteiger partial charge is 0.255 e. The average Bonchev–Trinajstić information content (AvgIpc) is 2.56. The third-order valence-corrected chi connectivity index (χ3v) is 3.92. The van der Waals surface area contributed by atoms with E-state index in [1.807, 2.05) is 35.2 Å². The number of rotatable bonds is 7. The predicted molar refractivity (Wildman–Crippen MR) is 98.1 cm³/mol. The number of amides is 1. The summed E-state index contributed by atoms with van der Waals surface area (Å²) in [6.45, 7) is 5.72. The van der Waals surface area contributed by atoms with Crippen molar-refractivity contribution in [3.63, 3.8) is 0 Å². The van der Waals surface area contributed by atoms with E-state index in [9.17, 15) is 4.79 Å². The number of hydrogen-bond donors (Lipinski definition) is 1. The fourth-order valence-electron chi connectivity index (χ4n) is 2.36. The lowest BCUT2D eigenvalue weighted by Crippen LogP contribution is -2.32. The molecule has 0 spiro atoms. The number of benzene rings is 1. The zero-order chi connectivity index (χ0) is 16.7. The minimum absolute atomic E-state index is 0.0423. The van der Waals surface area contributed by atoms with E-state index < -0.39 is 0 Å². The van der Waals surface area contributed by atoms with Crippen LogP contribution in [0.1, 0.15) is 37.0 Å². The van der Waals surface area contributed by atoms with E-state index >= 15 is 0 Å². The molecule has 122 valence electrons. The SMILES string of the molecule is CCCN(CCC)C(=O)c1cncc(Nc2ccc(Br)cc2)c1. The molecule has 23 heavy (non-hydrogen) atoms. The molecule has 1 amide bonds. The molecule has 1 heterocycles. The van der Waals surface area contributed by atoms with Crippen molar-refractivity contribution in [3.8, 4) is 0 Å². The molecule has 4 nitrogen and oxygen atoms in total. The molecule has 0 saturated heterocycles. The molecule has 2 rings (SSSR count). The Morgan fingerprint density at radius 2 is 1.74 bits per heavy atom. The van der Waals surface area contributed by atoms with Crippen LogP contribution in [0.25, 0.3) is 0 Å². The number of halogens is 1. The Bertz CT molecular complexity index is 637. The molecular weight excluding hydrogens is 354 g/mol. The lowest BCUT2D eigenvalue weighted by atomic mass is 10.2. The molecule has 0 aliphatic rings. The summed E-state index contributed by atoms with van der Waals surface area (Å²) in [5.41, 5.74) is 2.39. The van der Waals surface area contributed by atoms with Gasteiger partial charge in [0.25, 0.3) is 5.91 Å². The van der Waals surface area contributed by atoms with Crippen molar-refractivity contribution in [2.45, 2.75) is 26.7 Å². The summed E-state index contributed by atoms with van der Waals surface area (Å²) in [7, 11) is 0. The van der Waals surface area contributed by atoms with Gasteiger partial charge in [-0.2, -0.15) is 0 Å². The monoisotopic (exact) mass is 375 g/mol. The number of pyridine rings is 1. The van der Waals surface area contributed by atoms with Crippen molar-refractivity contribution in [3.05, 3.63) is 52.8 Å². The molecule has 0 fully saturated rings. The maximum atomic E-state index is 12.6. The molecule has 1 N–H and O–H groups in total. The summed E-state index contributed by atoms with van der Waals surface area (Å²) < 4.78 is 1.03. The summed E-state index contributed by atoms with van der Waals surface area (Å²) >= 11 is 3.42. The maximum Gasteiger partial charge on any atom is 0.255 e. The highest BCUT2D eigenvalue weighted by molar-refractivity contribution is 9.10. The van der Waals surface area contributed by atoms with Gasteiger partial charge in [-0.05, 0) is 43.2 Å². The average molecular weight is 376 g/mol. The lowest BCUT2D eigenvalue weighted by Gasteiger charge is -2.21. The number of nitrogens with zero attached hydrogens (tertiary/aromatic N) is 2. The molecule has 0 atom stereocenters. The van der Waals surface area contributed by atoms with Crippen LogP contribution in [0.15, 0.2) is 47.2 Å². The third-order valence-electron chi connectivity index (χ3n) is 3.39. The van der Waals surface area contributed by atoms with Crippen LogP contribution in [0.2, 0.25) is 0 Å². The first kappa shape index (κ1) is 17.5. The summed E-state index contributed by atoms with van der Waals surface area (Å²) in [5.74, 6) is 0.0423. The second-order valence-electron chi connectivity index (χ2n) is 5.39. The molecule has 5 heteroatoms. The maximum absolute atomic E-state index is 12.6. The van der Waals surface area contributed by atoms with Gasteiger partial charge in [-0.1, -0.05) is 29.8 Å². The summed E-state index contributed by atoms with van der Waals surface area (Å²) in [5, 5.41) is 3.28. The van der Waals surface area contributed by atoms with Gasteiger partial charge in [0.05, 0.1) is 17.4 Å². The number of anilines is 2. The van der Waals surface area contributed by atoms with E-state index in [0.29, 0.717) is 5.56 Å². The van der Waals surface area contributed by atoms with Gasteiger partial charge in [0.2, 0.25) is 0 Å². The van der Waals surface area contributed by atoms with Gasteiger partial charge in [-0.3, -0.25) is 9.78 Å². The van der Waals surface area contributed by atoms with E-state index in [4.69, 9.17) is 0 Å². The molecule has 0 radical (unpaired) electrons. The highest BCUT2D eigenvalue weighted by atomic mass is 79.9. The Labute approximate surface area is 146 Å². The summed E-state index contributed by atoms with van der Waals surface area (Å²) in [6, 6.07) is 9.73. The molecule has 0 bridgehead atoms. The Morgan fingerprint density at radius 1 is 1.09 bits per heavy atom. The van der Waals surface area contributed by atoms with Gasteiger partial charge >= 0.3 is 0 Å². The molecule has 1 aromatic heterocycles. The van der Waals surface area contributed by atoms with Gasteiger partial charge in [0, 0.05) is 29.4 Å². The zero-order valence-electron chi connectivity index (χ0n) is 13.6. The van der Waals surface area contributed by atoms with Crippen molar-refractivity contribution in [2.24, 2.45) is 0 Å². The Morgan fingerprint density at radius 3 is 2.35 bits per heavy atom. The fourth-order valence-corrected chi connectivity index (χ4v) is 2.63. The number of aromatic nitrogens is 1. The van der Waals surface area contributed by atoms with Crippen molar-refractivity contribution in [1.82, 2.24) is 9.88 Å². The van der Waals surface area contributed by atoms with Gasteiger partial charge in [0.1, 0.15) is 0 Å². The zero-order valence-corrected chi connectivity index (χ0v) is 15.1. The molecule has 0 saturated carbocycles. The van der Waals surface area contributed by atoms with Crippen molar-refractivity contribution >= 4 is 33.2 Å². The Kier molecular flexibility index (Phi) is 6.59. The van der Waals surface area contributed by atoms with Gasteiger partial charge in [0.15, 0.2) is 0 Å².